The predicted molar refractivity (Wildman–Crippen MR) is 52.7 cm³/mol. The molecule has 74 valence electrons. The van der Waals surface area contributed by atoms with E-state index in [2.05, 4.69) is 15.9 Å². The Bertz CT molecular complexity index is 376. The zero-order valence-electron chi connectivity index (χ0n) is 7.21. The average Bonchev–Trinajstić information content (AvgIpc) is 2.80. The number of carboxylic acid groups (broad SMARTS) is 1. The van der Waals surface area contributed by atoms with Crippen LogP contribution < -0.4 is 0 Å². The summed E-state index contributed by atoms with van der Waals surface area (Å²) in [5, 5.41) is 8.66. The molecule has 14 heavy (non-hydrogen) atoms. The number of hydrogen-bond acceptors (Lipinski definition) is 1. The molecule has 0 heterocycles. The molecular formula is C10H8BrFO2. The SMILES string of the molecule is O=C(O)C1CC1(F)c1ccc(Br)cc1. The molecule has 0 amide bonds. The van der Waals surface area contributed by atoms with Gasteiger partial charge < -0.3 is 5.11 Å². The minimum absolute atomic E-state index is 0.0873. The van der Waals surface area contributed by atoms with Crippen molar-refractivity contribution >= 4 is 21.9 Å². The molecule has 1 fully saturated rings. The third-order valence-electron chi connectivity index (χ3n) is 2.52. The number of halogens is 2. The van der Waals surface area contributed by atoms with Gasteiger partial charge in [-0.25, -0.2) is 4.39 Å². The van der Waals surface area contributed by atoms with Gasteiger partial charge in [0.2, 0.25) is 0 Å². The Labute approximate surface area is 88.9 Å². The number of carboxylic acids is 1. The normalized spacial score (nSPS) is 30.0. The zero-order chi connectivity index (χ0) is 10.3. The van der Waals surface area contributed by atoms with Crippen LogP contribution in [0.3, 0.4) is 0 Å². The van der Waals surface area contributed by atoms with Gasteiger partial charge in [-0.3, -0.25) is 4.79 Å². The van der Waals surface area contributed by atoms with E-state index in [1.54, 1.807) is 24.3 Å². The zero-order valence-corrected chi connectivity index (χ0v) is 8.79. The second kappa shape index (κ2) is 3.05. The van der Waals surface area contributed by atoms with Crippen molar-refractivity contribution < 1.29 is 14.3 Å². The van der Waals surface area contributed by atoms with E-state index in [1.165, 1.54) is 0 Å². The Morgan fingerprint density at radius 1 is 1.50 bits per heavy atom. The van der Waals surface area contributed by atoms with E-state index in [-0.39, 0.29) is 6.42 Å². The monoisotopic (exact) mass is 258 g/mol. The van der Waals surface area contributed by atoms with Crippen molar-refractivity contribution in [3.8, 4) is 0 Å². The fourth-order valence-electron chi connectivity index (χ4n) is 1.57. The van der Waals surface area contributed by atoms with Gasteiger partial charge in [0.25, 0.3) is 0 Å². The summed E-state index contributed by atoms with van der Waals surface area (Å²) in [5.41, 5.74) is -1.19. The summed E-state index contributed by atoms with van der Waals surface area (Å²) in [4.78, 5) is 10.6. The van der Waals surface area contributed by atoms with Crippen LogP contribution in [0, 0.1) is 5.92 Å². The first kappa shape index (κ1) is 9.65. The highest BCUT2D eigenvalue weighted by atomic mass is 79.9. The summed E-state index contributed by atoms with van der Waals surface area (Å²) < 4.78 is 14.7. The molecule has 1 N–H and O–H groups in total. The number of benzene rings is 1. The molecule has 0 saturated heterocycles. The van der Waals surface area contributed by atoms with E-state index in [0.29, 0.717) is 5.56 Å². The van der Waals surface area contributed by atoms with Gasteiger partial charge in [0.05, 0.1) is 5.92 Å². The highest BCUT2D eigenvalue weighted by Crippen LogP contribution is 2.55. The lowest BCUT2D eigenvalue weighted by molar-refractivity contribution is -0.139. The molecule has 2 atom stereocenters. The number of alkyl halides is 1. The molecule has 1 aromatic carbocycles. The van der Waals surface area contributed by atoms with Crippen molar-refractivity contribution in [2.24, 2.45) is 5.92 Å². The molecule has 2 nitrogen and oxygen atoms in total. The number of carbonyl (C=O) groups is 1. The number of hydrogen-bond donors (Lipinski definition) is 1. The second-order valence-electron chi connectivity index (χ2n) is 3.46. The van der Waals surface area contributed by atoms with Crippen molar-refractivity contribution in [3.63, 3.8) is 0 Å². The average molecular weight is 259 g/mol. The van der Waals surface area contributed by atoms with Crippen molar-refractivity contribution in [1.82, 2.24) is 0 Å². The standard InChI is InChI=1S/C10H8BrFO2/c11-7-3-1-6(2-4-7)10(12)5-8(10)9(13)14/h1-4,8H,5H2,(H,13,14). The summed E-state index contributed by atoms with van der Waals surface area (Å²) in [6.07, 6.45) is 0.0873. The van der Waals surface area contributed by atoms with Gasteiger partial charge in [-0.05, 0) is 17.7 Å². The highest BCUT2D eigenvalue weighted by molar-refractivity contribution is 9.10. The van der Waals surface area contributed by atoms with E-state index in [9.17, 15) is 9.18 Å². The highest BCUT2D eigenvalue weighted by Gasteiger charge is 2.61. The summed E-state index contributed by atoms with van der Waals surface area (Å²) in [7, 11) is 0. The topological polar surface area (TPSA) is 37.3 Å². The first-order valence-electron chi connectivity index (χ1n) is 4.22. The summed E-state index contributed by atoms with van der Waals surface area (Å²) in [6, 6.07) is 6.67. The molecule has 0 radical (unpaired) electrons. The van der Waals surface area contributed by atoms with Crippen LogP contribution >= 0.6 is 15.9 Å². The van der Waals surface area contributed by atoms with Crippen LogP contribution in [-0.2, 0) is 10.5 Å². The fraction of sp³-hybridized carbons (Fsp3) is 0.300. The van der Waals surface area contributed by atoms with Gasteiger partial charge in [0.1, 0.15) is 5.67 Å². The van der Waals surface area contributed by atoms with Crippen molar-refractivity contribution in [1.29, 1.82) is 0 Å². The molecule has 0 aliphatic heterocycles. The minimum Gasteiger partial charge on any atom is -0.481 e. The maximum atomic E-state index is 13.9. The molecule has 1 aliphatic rings. The van der Waals surface area contributed by atoms with Crippen LogP contribution in [0.1, 0.15) is 12.0 Å². The maximum absolute atomic E-state index is 13.9. The summed E-state index contributed by atoms with van der Waals surface area (Å²) in [6.45, 7) is 0. The second-order valence-corrected chi connectivity index (χ2v) is 4.38. The van der Waals surface area contributed by atoms with Gasteiger partial charge in [-0.15, -0.1) is 0 Å². The third kappa shape index (κ3) is 1.43. The molecule has 2 unspecified atom stereocenters. The molecule has 1 aromatic rings. The lowest BCUT2D eigenvalue weighted by Gasteiger charge is -2.05. The molecule has 1 saturated carbocycles. The lowest BCUT2D eigenvalue weighted by Crippen LogP contribution is -2.09. The quantitative estimate of drug-likeness (QED) is 0.886. The summed E-state index contributed by atoms with van der Waals surface area (Å²) in [5.74, 6) is -1.93. The molecule has 1 aliphatic carbocycles. The Balaban J connectivity index is 2.25. The Morgan fingerprint density at radius 2 is 2.07 bits per heavy atom. The molecule has 4 heteroatoms. The maximum Gasteiger partial charge on any atom is 0.310 e. The Hall–Kier alpha value is -0.900. The van der Waals surface area contributed by atoms with E-state index in [0.717, 1.165) is 4.47 Å². The fourth-order valence-corrected chi connectivity index (χ4v) is 1.83. The van der Waals surface area contributed by atoms with E-state index >= 15 is 0 Å². The van der Waals surface area contributed by atoms with Crippen LogP contribution in [0.15, 0.2) is 28.7 Å². The Kier molecular flexibility index (Phi) is 2.10. The van der Waals surface area contributed by atoms with Gasteiger partial charge in [-0.1, -0.05) is 28.1 Å². The first-order valence-corrected chi connectivity index (χ1v) is 5.01. The molecular weight excluding hydrogens is 251 g/mol. The molecule has 0 spiro atoms. The van der Waals surface area contributed by atoms with E-state index < -0.39 is 17.6 Å². The molecule has 2 rings (SSSR count). The predicted octanol–water partition coefficient (Wildman–Crippen LogP) is 2.72. The van der Waals surface area contributed by atoms with Crippen LogP contribution in [0.5, 0.6) is 0 Å². The van der Waals surface area contributed by atoms with Gasteiger partial charge in [0, 0.05) is 10.9 Å². The van der Waals surface area contributed by atoms with Gasteiger partial charge in [0.15, 0.2) is 0 Å². The van der Waals surface area contributed by atoms with Crippen molar-refractivity contribution in [2.75, 3.05) is 0 Å². The Morgan fingerprint density at radius 3 is 2.50 bits per heavy atom. The lowest BCUT2D eigenvalue weighted by atomic mass is 10.1. The smallest absolute Gasteiger partial charge is 0.310 e. The van der Waals surface area contributed by atoms with Crippen molar-refractivity contribution in [3.05, 3.63) is 34.3 Å². The van der Waals surface area contributed by atoms with Gasteiger partial charge >= 0.3 is 5.97 Å². The van der Waals surface area contributed by atoms with Crippen LogP contribution in [0.4, 0.5) is 4.39 Å². The minimum atomic E-state index is -1.65. The molecule has 0 bridgehead atoms. The van der Waals surface area contributed by atoms with Crippen molar-refractivity contribution in [2.45, 2.75) is 12.1 Å². The van der Waals surface area contributed by atoms with Crippen LogP contribution in [-0.4, -0.2) is 11.1 Å². The first-order chi connectivity index (χ1) is 6.54. The van der Waals surface area contributed by atoms with Crippen LogP contribution in [0.25, 0.3) is 0 Å². The third-order valence-corrected chi connectivity index (χ3v) is 3.04. The van der Waals surface area contributed by atoms with E-state index in [1.807, 2.05) is 0 Å². The summed E-state index contributed by atoms with van der Waals surface area (Å²) >= 11 is 3.24. The van der Waals surface area contributed by atoms with Crippen LogP contribution in [0.2, 0.25) is 0 Å². The largest absolute Gasteiger partial charge is 0.481 e. The number of rotatable bonds is 2. The van der Waals surface area contributed by atoms with E-state index in [4.69, 9.17) is 5.11 Å². The number of aliphatic carboxylic acids is 1. The van der Waals surface area contributed by atoms with Gasteiger partial charge in [-0.2, -0.15) is 0 Å². The molecule has 0 aromatic heterocycles.